The summed E-state index contributed by atoms with van der Waals surface area (Å²) in [5.74, 6) is 0. The van der Waals surface area contributed by atoms with Crippen LogP contribution in [0.4, 0.5) is 0 Å². The lowest BCUT2D eigenvalue weighted by molar-refractivity contribution is 0.0266. The predicted octanol–water partition coefficient (Wildman–Crippen LogP) is 4.46. The normalized spacial score (nSPS) is 29.2. The first-order valence-electron chi connectivity index (χ1n) is 7.96. The molecule has 0 radical (unpaired) electrons. The zero-order valence-electron chi connectivity index (χ0n) is 11.5. The molecule has 0 spiro atoms. The van der Waals surface area contributed by atoms with Crippen LogP contribution in [0.1, 0.15) is 64.2 Å². The summed E-state index contributed by atoms with van der Waals surface area (Å²) in [6.45, 7) is 1.67. The van der Waals surface area contributed by atoms with E-state index in [1.165, 1.54) is 64.2 Å². The fourth-order valence-electron chi connectivity index (χ4n) is 3.92. The van der Waals surface area contributed by atoms with Gasteiger partial charge < -0.3 is 9.47 Å². The van der Waals surface area contributed by atoms with Crippen LogP contribution < -0.4 is 0 Å². The fourth-order valence-corrected chi connectivity index (χ4v) is 7.68. The Balaban J connectivity index is 1.68. The number of ether oxygens (including phenoxy) is 2. The second-order valence-electron chi connectivity index (χ2n) is 6.08. The summed E-state index contributed by atoms with van der Waals surface area (Å²) < 4.78 is 11.9. The Morgan fingerprint density at radius 3 is 1.50 bits per heavy atom. The van der Waals surface area contributed by atoms with Gasteiger partial charge in [-0.2, -0.15) is 0 Å². The van der Waals surface area contributed by atoms with Gasteiger partial charge in [0.1, 0.15) is 0 Å². The van der Waals surface area contributed by atoms with Crippen molar-refractivity contribution in [3.8, 4) is 0 Å². The van der Waals surface area contributed by atoms with Gasteiger partial charge in [0.25, 0.3) is 0 Å². The highest BCUT2D eigenvalue weighted by Crippen LogP contribution is 2.60. The summed E-state index contributed by atoms with van der Waals surface area (Å²) in [5.41, 5.74) is 1.89. The van der Waals surface area contributed by atoms with E-state index in [-0.39, 0.29) is 14.0 Å². The van der Waals surface area contributed by atoms with E-state index in [9.17, 15) is 0 Å². The van der Waals surface area contributed by atoms with Crippen molar-refractivity contribution in [1.82, 2.24) is 0 Å². The average Bonchev–Trinajstić information content (AvgIpc) is 2.95. The standard InChI is InChI=1S/C15H27O2P/c1-3-7-13(8-4-1)18(15-16-11-12-17-15)14-9-5-2-6-10-14/h13-15H,1-12H2. The van der Waals surface area contributed by atoms with Crippen LogP contribution in [0, 0.1) is 0 Å². The summed E-state index contributed by atoms with van der Waals surface area (Å²) in [6, 6.07) is 0.200. The van der Waals surface area contributed by atoms with Crippen LogP contribution in [0.5, 0.6) is 0 Å². The summed E-state index contributed by atoms with van der Waals surface area (Å²) >= 11 is 0. The third-order valence-electron chi connectivity index (χ3n) is 4.84. The largest absolute Gasteiger partial charge is 0.346 e. The summed E-state index contributed by atoms with van der Waals surface area (Å²) in [7, 11) is -0.0426. The highest BCUT2D eigenvalue weighted by Gasteiger charge is 2.39. The Morgan fingerprint density at radius 1 is 0.611 bits per heavy atom. The van der Waals surface area contributed by atoms with E-state index in [1.807, 2.05) is 0 Å². The van der Waals surface area contributed by atoms with Gasteiger partial charge in [-0.05, 0) is 44.9 Å². The lowest BCUT2D eigenvalue weighted by Crippen LogP contribution is -2.27. The molecule has 0 aromatic carbocycles. The highest BCUT2D eigenvalue weighted by molar-refractivity contribution is 7.59. The van der Waals surface area contributed by atoms with Crippen molar-refractivity contribution >= 4 is 7.92 Å². The summed E-state index contributed by atoms with van der Waals surface area (Å²) in [4.78, 5) is 0. The number of hydrogen-bond donors (Lipinski definition) is 0. The van der Waals surface area contributed by atoms with Gasteiger partial charge in [0.15, 0.2) is 6.03 Å². The highest BCUT2D eigenvalue weighted by atomic mass is 31.1. The van der Waals surface area contributed by atoms with Crippen molar-refractivity contribution in [2.45, 2.75) is 81.6 Å². The van der Waals surface area contributed by atoms with Gasteiger partial charge in [-0.15, -0.1) is 0 Å². The fraction of sp³-hybridized carbons (Fsp3) is 1.00. The van der Waals surface area contributed by atoms with Gasteiger partial charge in [0, 0.05) is 0 Å². The maximum Gasteiger partial charge on any atom is 0.176 e. The van der Waals surface area contributed by atoms with Crippen LogP contribution in [0.2, 0.25) is 0 Å². The molecule has 18 heavy (non-hydrogen) atoms. The van der Waals surface area contributed by atoms with Crippen LogP contribution in [0.15, 0.2) is 0 Å². The molecule has 0 unspecified atom stereocenters. The van der Waals surface area contributed by atoms with Gasteiger partial charge >= 0.3 is 0 Å². The molecule has 0 atom stereocenters. The predicted molar refractivity (Wildman–Crippen MR) is 76.4 cm³/mol. The van der Waals surface area contributed by atoms with E-state index in [1.54, 1.807) is 0 Å². The van der Waals surface area contributed by atoms with Crippen molar-refractivity contribution in [1.29, 1.82) is 0 Å². The quantitative estimate of drug-likeness (QED) is 0.705. The molecular weight excluding hydrogens is 243 g/mol. The summed E-state index contributed by atoms with van der Waals surface area (Å²) in [5, 5.41) is 0. The molecule has 3 heteroatoms. The lowest BCUT2D eigenvalue weighted by atomic mass is 9.99. The molecule has 0 aromatic heterocycles. The molecule has 3 fully saturated rings. The molecule has 1 aliphatic heterocycles. The minimum absolute atomic E-state index is 0.0426. The molecule has 3 aliphatic rings. The molecule has 104 valence electrons. The minimum Gasteiger partial charge on any atom is -0.346 e. The number of rotatable bonds is 3. The monoisotopic (exact) mass is 270 g/mol. The minimum atomic E-state index is -0.0426. The van der Waals surface area contributed by atoms with Crippen LogP contribution in [0.3, 0.4) is 0 Å². The molecule has 1 heterocycles. The Bertz CT molecular complexity index is 223. The van der Waals surface area contributed by atoms with Crippen molar-refractivity contribution in [3.63, 3.8) is 0 Å². The van der Waals surface area contributed by atoms with Crippen LogP contribution in [-0.4, -0.2) is 30.6 Å². The molecule has 0 amide bonds. The Hall–Kier alpha value is 0.350. The van der Waals surface area contributed by atoms with Gasteiger partial charge in [-0.25, -0.2) is 0 Å². The first-order valence-corrected chi connectivity index (χ1v) is 9.51. The van der Waals surface area contributed by atoms with E-state index in [0.29, 0.717) is 0 Å². The zero-order valence-corrected chi connectivity index (χ0v) is 12.4. The first-order chi connectivity index (χ1) is 8.95. The third-order valence-corrected chi connectivity index (χ3v) is 8.34. The smallest absolute Gasteiger partial charge is 0.176 e. The van der Waals surface area contributed by atoms with Crippen molar-refractivity contribution in [2.24, 2.45) is 0 Å². The molecule has 0 bridgehead atoms. The second kappa shape index (κ2) is 6.68. The SMILES string of the molecule is C1CCC(P(C2CCCCC2)C2OCCO2)CC1. The van der Waals surface area contributed by atoms with E-state index in [0.717, 1.165) is 24.5 Å². The van der Waals surface area contributed by atoms with Gasteiger partial charge in [-0.3, -0.25) is 0 Å². The van der Waals surface area contributed by atoms with Crippen LogP contribution in [-0.2, 0) is 9.47 Å². The van der Waals surface area contributed by atoms with E-state index in [4.69, 9.17) is 9.47 Å². The molecule has 1 saturated heterocycles. The molecule has 0 aromatic rings. The number of hydrogen-bond acceptors (Lipinski definition) is 2. The molecule has 2 aliphatic carbocycles. The topological polar surface area (TPSA) is 18.5 Å². The maximum absolute atomic E-state index is 5.93. The van der Waals surface area contributed by atoms with Gasteiger partial charge in [-0.1, -0.05) is 38.5 Å². The molecule has 2 nitrogen and oxygen atoms in total. The molecule has 3 rings (SSSR count). The maximum atomic E-state index is 5.93. The average molecular weight is 270 g/mol. The molecular formula is C15H27O2P. The van der Waals surface area contributed by atoms with E-state index < -0.39 is 0 Å². The zero-order chi connectivity index (χ0) is 12.2. The third kappa shape index (κ3) is 3.08. The van der Waals surface area contributed by atoms with Crippen molar-refractivity contribution in [3.05, 3.63) is 0 Å². The van der Waals surface area contributed by atoms with Crippen LogP contribution >= 0.6 is 7.92 Å². The van der Waals surface area contributed by atoms with Gasteiger partial charge in [0.2, 0.25) is 0 Å². The van der Waals surface area contributed by atoms with Crippen molar-refractivity contribution < 1.29 is 9.47 Å². The Labute approximate surface area is 113 Å². The summed E-state index contributed by atoms with van der Waals surface area (Å²) in [6.07, 6.45) is 14.5. The first kappa shape index (κ1) is 13.3. The van der Waals surface area contributed by atoms with Gasteiger partial charge in [0.05, 0.1) is 13.2 Å². The molecule has 0 N–H and O–H groups in total. The Kier molecular flexibility index (Phi) is 4.95. The lowest BCUT2D eigenvalue weighted by Gasteiger charge is -2.40. The molecule has 2 saturated carbocycles. The Morgan fingerprint density at radius 2 is 1.06 bits per heavy atom. The van der Waals surface area contributed by atoms with Crippen LogP contribution in [0.25, 0.3) is 0 Å². The van der Waals surface area contributed by atoms with Crippen molar-refractivity contribution in [2.75, 3.05) is 13.2 Å². The second-order valence-corrected chi connectivity index (χ2v) is 8.86. The van der Waals surface area contributed by atoms with E-state index >= 15 is 0 Å². The van der Waals surface area contributed by atoms with E-state index in [2.05, 4.69) is 0 Å².